The van der Waals surface area contributed by atoms with E-state index in [1.54, 1.807) is 0 Å². The van der Waals surface area contributed by atoms with Crippen molar-refractivity contribution in [3.63, 3.8) is 0 Å². The highest BCUT2D eigenvalue weighted by molar-refractivity contribution is 5.26. The summed E-state index contributed by atoms with van der Waals surface area (Å²) in [5.41, 5.74) is 5.11. The van der Waals surface area contributed by atoms with Crippen molar-refractivity contribution in [1.29, 1.82) is 0 Å². The van der Waals surface area contributed by atoms with Gasteiger partial charge in [0.15, 0.2) is 0 Å². The predicted molar refractivity (Wildman–Crippen MR) is 97.8 cm³/mol. The molecular weight excluding hydrogens is 294 g/mol. The van der Waals surface area contributed by atoms with E-state index < -0.39 is 0 Å². The molecule has 3 unspecified atom stereocenters. The molecule has 2 aliphatic rings. The van der Waals surface area contributed by atoms with Crippen LogP contribution in [0, 0.1) is 31.6 Å². The highest BCUT2D eigenvalue weighted by atomic mass is 15.3. The third kappa shape index (κ3) is 3.05. The molecule has 2 bridgehead atoms. The van der Waals surface area contributed by atoms with Crippen LogP contribution < -0.4 is 5.32 Å². The smallest absolute Gasteiger partial charge is 0.0662 e. The van der Waals surface area contributed by atoms with Crippen LogP contribution in [0.4, 0.5) is 0 Å². The van der Waals surface area contributed by atoms with E-state index in [9.17, 15) is 0 Å². The van der Waals surface area contributed by atoms with Crippen molar-refractivity contribution in [3.05, 3.63) is 65.0 Å². The lowest BCUT2D eigenvalue weighted by molar-refractivity contribution is 0.413. The van der Waals surface area contributed by atoms with Crippen molar-refractivity contribution in [1.82, 2.24) is 15.1 Å². The second-order valence-electron chi connectivity index (χ2n) is 7.46. The normalized spacial score (nSPS) is 24.8. The van der Waals surface area contributed by atoms with Crippen LogP contribution in [0.15, 0.2) is 42.5 Å². The van der Waals surface area contributed by atoms with Crippen molar-refractivity contribution in [2.45, 2.75) is 39.8 Å². The minimum atomic E-state index is 0.825. The van der Waals surface area contributed by atoms with Gasteiger partial charge in [0.25, 0.3) is 0 Å². The van der Waals surface area contributed by atoms with Crippen LogP contribution in [0.2, 0.25) is 0 Å². The third-order valence-corrected chi connectivity index (χ3v) is 5.83. The summed E-state index contributed by atoms with van der Waals surface area (Å²) in [5.74, 6) is 2.52. The van der Waals surface area contributed by atoms with Crippen LogP contribution in [0.25, 0.3) is 0 Å². The van der Waals surface area contributed by atoms with E-state index in [0.717, 1.165) is 43.1 Å². The average molecular weight is 321 g/mol. The first kappa shape index (κ1) is 15.6. The first-order valence-corrected chi connectivity index (χ1v) is 9.16. The Kier molecular flexibility index (Phi) is 4.28. The van der Waals surface area contributed by atoms with Gasteiger partial charge in [-0.2, -0.15) is 5.10 Å². The van der Waals surface area contributed by atoms with Crippen LogP contribution in [0.1, 0.15) is 35.4 Å². The number of fused-ring (bicyclic) bond motifs is 2. The molecule has 1 saturated carbocycles. The molecule has 0 radical (unpaired) electrons. The average Bonchev–Trinajstić information content (AvgIpc) is 3.27. The molecule has 0 aliphatic heterocycles. The minimum absolute atomic E-state index is 0.825. The molecule has 1 heterocycles. The van der Waals surface area contributed by atoms with Gasteiger partial charge in [-0.25, -0.2) is 0 Å². The molecule has 1 aromatic carbocycles. The number of rotatable bonds is 6. The first-order chi connectivity index (χ1) is 11.7. The Morgan fingerprint density at radius 1 is 1.12 bits per heavy atom. The molecule has 0 spiro atoms. The number of aromatic nitrogens is 2. The van der Waals surface area contributed by atoms with Gasteiger partial charge < -0.3 is 5.32 Å². The van der Waals surface area contributed by atoms with Gasteiger partial charge >= 0.3 is 0 Å². The van der Waals surface area contributed by atoms with Gasteiger partial charge in [0.05, 0.1) is 12.2 Å². The first-order valence-electron chi connectivity index (χ1n) is 9.16. The van der Waals surface area contributed by atoms with Crippen molar-refractivity contribution >= 4 is 0 Å². The van der Waals surface area contributed by atoms with Crippen LogP contribution in [0.5, 0.6) is 0 Å². The van der Waals surface area contributed by atoms with E-state index in [0.29, 0.717) is 0 Å². The van der Waals surface area contributed by atoms with Crippen LogP contribution >= 0.6 is 0 Å². The van der Waals surface area contributed by atoms with Crippen LogP contribution in [-0.4, -0.2) is 16.3 Å². The fourth-order valence-electron chi connectivity index (χ4n) is 4.41. The van der Waals surface area contributed by atoms with Gasteiger partial charge in [0.2, 0.25) is 0 Å². The van der Waals surface area contributed by atoms with Crippen LogP contribution in [-0.2, 0) is 13.1 Å². The standard InChI is InChI=1S/C21H27N3/c1-15-21(13-22-12-20-11-18-8-9-19(20)10-18)16(2)24(23-15)14-17-6-4-3-5-7-17/h3-9,18-20,22H,10-14H2,1-2H3. The van der Waals surface area contributed by atoms with Gasteiger partial charge in [0, 0.05) is 17.8 Å². The zero-order valence-corrected chi connectivity index (χ0v) is 14.7. The Balaban J connectivity index is 1.37. The summed E-state index contributed by atoms with van der Waals surface area (Å²) in [7, 11) is 0. The van der Waals surface area contributed by atoms with E-state index in [2.05, 4.69) is 66.3 Å². The number of hydrogen-bond acceptors (Lipinski definition) is 2. The monoisotopic (exact) mass is 321 g/mol. The Labute approximate surface area is 144 Å². The highest BCUT2D eigenvalue weighted by Crippen LogP contribution is 2.42. The summed E-state index contributed by atoms with van der Waals surface area (Å²) in [6.07, 6.45) is 7.62. The fourth-order valence-corrected chi connectivity index (χ4v) is 4.41. The van der Waals surface area contributed by atoms with Crippen molar-refractivity contribution in [2.75, 3.05) is 6.54 Å². The second kappa shape index (κ2) is 6.56. The van der Waals surface area contributed by atoms with E-state index in [-0.39, 0.29) is 0 Å². The lowest BCUT2D eigenvalue weighted by Gasteiger charge is -2.18. The van der Waals surface area contributed by atoms with E-state index >= 15 is 0 Å². The summed E-state index contributed by atoms with van der Waals surface area (Å²) < 4.78 is 2.14. The van der Waals surface area contributed by atoms with Gasteiger partial charge in [-0.1, -0.05) is 42.5 Å². The number of nitrogens with one attached hydrogen (secondary N) is 1. The molecule has 126 valence electrons. The zero-order valence-electron chi connectivity index (χ0n) is 14.7. The molecule has 4 rings (SSSR count). The molecule has 3 nitrogen and oxygen atoms in total. The van der Waals surface area contributed by atoms with Gasteiger partial charge in [-0.3, -0.25) is 4.68 Å². The summed E-state index contributed by atoms with van der Waals surface area (Å²) in [6, 6.07) is 10.6. The maximum absolute atomic E-state index is 4.76. The fraction of sp³-hybridized carbons (Fsp3) is 0.476. The maximum Gasteiger partial charge on any atom is 0.0662 e. The van der Waals surface area contributed by atoms with Gasteiger partial charge in [-0.05, 0) is 56.6 Å². The number of allylic oxidation sites excluding steroid dienone is 2. The summed E-state index contributed by atoms with van der Waals surface area (Å²) >= 11 is 0. The SMILES string of the molecule is Cc1nn(Cc2ccccc2)c(C)c1CNCC1CC2C=CC1C2. The molecule has 3 atom stereocenters. The summed E-state index contributed by atoms with van der Waals surface area (Å²) in [4.78, 5) is 0. The van der Waals surface area contributed by atoms with Crippen molar-refractivity contribution in [3.8, 4) is 0 Å². The number of aryl methyl sites for hydroxylation is 1. The molecule has 1 aromatic heterocycles. The minimum Gasteiger partial charge on any atom is -0.312 e. The van der Waals surface area contributed by atoms with Crippen molar-refractivity contribution in [2.24, 2.45) is 17.8 Å². The lowest BCUT2D eigenvalue weighted by atomic mass is 9.93. The molecule has 2 aromatic rings. The topological polar surface area (TPSA) is 29.9 Å². The van der Waals surface area contributed by atoms with E-state index in [4.69, 9.17) is 5.10 Å². The summed E-state index contributed by atoms with van der Waals surface area (Å²) in [6.45, 7) is 7.25. The van der Waals surface area contributed by atoms with Gasteiger partial charge in [-0.15, -0.1) is 0 Å². The quantitative estimate of drug-likeness (QED) is 0.819. The van der Waals surface area contributed by atoms with Crippen LogP contribution in [0.3, 0.4) is 0 Å². The second-order valence-corrected chi connectivity index (χ2v) is 7.46. The number of hydrogen-bond donors (Lipinski definition) is 1. The molecule has 1 N–H and O–H groups in total. The molecule has 3 heteroatoms. The zero-order chi connectivity index (χ0) is 16.5. The molecular formula is C21H27N3. The number of benzene rings is 1. The van der Waals surface area contributed by atoms with Crippen molar-refractivity contribution < 1.29 is 0 Å². The molecule has 0 amide bonds. The third-order valence-electron chi connectivity index (χ3n) is 5.83. The summed E-state index contributed by atoms with van der Waals surface area (Å²) in [5, 5.41) is 8.46. The predicted octanol–water partition coefficient (Wildman–Crippen LogP) is 3.85. The Bertz CT molecular complexity index is 729. The molecule has 0 saturated heterocycles. The lowest BCUT2D eigenvalue weighted by Crippen LogP contribution is -2.25. The van der Waals surface area contributed by atoms with Gasteiger partial charge in [0.1, 0.15) is 0 Å². The Morgan fingerprint density at radius 3 is 2.67 bits per heavy atom. The van der Waals surface area contributed by atoms with E-state index in [1.165, 1.54) is 29.7 Å². The molecule has 24 heavy (non-hydrogen) atoms. The Morgan fingerprint density at radius 2 is 1.96 bits per heavy atom. The molecule has 1 fully saturated rings. The number of nitrogens with zero attached hydrogens (tertiary/aromatic N) is 2. The maximum atomic E-state index is 4.76. The van der Waals surface area contributed by atoms with E-state index in [1.807, 2.05) is 0 Å². The largest absolute Gasteiger partial charge is 0.312 e. The Hall–Kier alpha value is -1.87. The highest BCUT2D eigenvalue weighted by Gasteiger charge is 2.35. The molecule has 2 aliphatic carbocycles.